The number of rotatable bonds is 6. The van der Waals surface area contributed by atoms with E-state index in [1.165, 1.54) is 45.0 Å². The van der Waals surface area contributed by atoms with Crippen LogP contribution in [-0.4, -0.2) is 62.1 Å². The lowest BCUT2D eigenvalue weighted by Crippen LogP contribution is -2.41. The highest BCUT2D eigenvalue weighted by molar-refractivity contribution is 5.80. The van der Waals surface area contributed by atoms with Crippen molar-refractivity contribution in [3.8, 4) is 0 Å². The lowest BCUT2D eigenvalue weighted by atomic mass is 10.1. The lowest BCUT2D eigenvalue weighted by Gasteiger charge is -2.23. The van der Waals surface area contributed by atoms with Gasteiger partial charge >= 0.3 is 0 Å². The molecule has 5 heteroatoms. The summed E-state index contributed by atoms with van der Waals surface area (Å²) in [5.74, 6) is 1.63. The zero-order valence-electron chi connectivity index (χ0n) is 15.4. The molecule has 2 saturated heterocycles. The third-order valence-electron chi connectivity index (χ3n) is 5.33. The third kappa shape index (κ3) is 5.43. The number of halogens is 1. The molecule has 2 aliphatic heterocycles. The Morgan fingerprint density at radius 2 is 2.12 bits per heavy atom. The first-order valence-electron chi connectivity index (χ1n) is 9.67. The van der Waals surface area contributed by atoms with Crippen LogP contribution in [-0.2, 0) is 6.42 Å². The molecule has 0 amide bonds. The molecule has 1 N–H and O–H groups in total. The molecule has 0 radical (unpaired) electrons. The number of guanidine groups is 1. The summed E-state index contributed by atoms with van der Waals surface area (Å²) in [6, 6.07) is 6.89. The second kappa shape index (κ2) is 9.18. The van der Waals surface area contributed by atoms with Gasteiger partial charge in [-0.05, 0) is 68.8 Å². The normalized spacial score (nSPS) is 21.9. The SMILES string of the molecule is CN=C(NCCCc1cccc(F)c1)N1CCC(CN2CCCC2)C1. The van der Waals surface area contributed by atoms with Gasteiger partial charge in [-0.2, -0.15) is 0 Å². The number of hydrogen-bond donors (Lipinski definition) is 1. The molecule has 0 saturated carbocycles. The van der Waals surface area contributed by atoms with Crippen LogP contribution in [0.15, 0.2) is 29.3 Å². The molecular weight excluding hydrogens is 315 g/mol. The van der Waals surface area contributed by atoms with E-state index < -0.39 is 0 Å². The highest BCUT2D eigenvalue weighted by Gasteiger charge is 2.27. The summed E-state index contributed by atoms with van der Waals surface area (Å²) < 4.78 is 13.2. The number of nitrogens with one attached hydrogen (secondary N) is 1. The molecule has 1 aromatic rings. The fourth-order valence-electron chi connectivity index (χ4n) is 4.02. The van der Waals surface area contributed by atoms with Crippen molar-refractivity contribution in [2.24, 2.45) is 10.9 Å². The van der Waals surface area contributed by atoms with Gasteiger partial charge in [0.15, 0.2) is 5.96 Å². The van der Waals surface area contributed by atoms with Crippen LogP contribution in [0, 0.1) is 11.7 Å². The number of aryl methyl sites for hydroxylation is 1. The van der Waals surface area contributed by atoms with Gasteiger partial charge in [0, 0.05) is 33.2 Å². The van der Waals surface area contributed by atoms with E-state index in [-0.39, 0.29) is 5.82 Å². The summed E-state index contributed by atoms with van der Waals surface area (Å²) >= 11 is 0. The molecule has 1 unspecified atom stereocenters. The summed E-state index contributed by atoms with van der Waals surface area (Å²) in [4.78, 5) is 9.46. The van der Waals surface area contributed by atoms with Crippen molar-refractivity contribution in [2.45, 2.75) is 32.1 Å². The Morgan fingerprint density at radius 3 is 2.88 bits per heavy atom. The average molecular weight is 346 g/mol. The Hall–Kier alpha value is -1.62. The largest absolute Gasteiger partial charge is 0.356 e. The maximum atomic E-state index is 13.2. The van der Waals surface area contributed by atoms with Gasteiger partial charge in [0.2, 0.25) is 0 Å². The van der Waals surface area contributed by atoms with Crippen molar-refractivity contribution < 1.29 is 4.39 Å². The average Bonchev–Trinajstić information content (AvgIpc) is 3.28. The van der Waals surface area contributed by atoms with Crippen LogP contribution in [0.1, 0.15) is 31.2 Å². The summed E-state index contributed by atoms with van der Waals surface area (Å²) in [6.07, 6.45) is 5.86. The van der Waals surface area contributed by atoms with E-state index in [1.54, 1.807) is 12.1 Å². The minimum absolute atomic E-state index is 0.151. The van der Waals surface area contributed by atoms with Gasteiger partial charge in [-0.15, -0.1) is 0 Å². The van der Waals surface area contributed by atoms with Crippen LogP contribution in [0.2, 0.25) is 0 Å². The Kier molecular flexibility index (Phi) is 6.68. The highest BCUT2D eigenvalue weighted by Crippen LogP contribution is 2.20. The van der Waals surface area contributed by atoms with Crippen LogP contribution >= 0.6 is 0 Å². The topological polar surface area (TPSA) is 30.9 Å². The minimum Gasteiger partial charge on any atom is -0.356 e. The van der Waals surface area contributed by atoms with Gasteiger partial charge in [-0.25, -0.2) is 4.39 Å². The molecular formula is C20H31FN4. The number of nitrogens with zero attached hydrogens (tertiary/aromatic N) is 3. The predicted octanol–water partition coefficient (Wildman–Crippen LogP) is 2.75. The van der Waals surface area contributed by atoms with Gasteiger partial charge in [0.05, 0.1) is 0 Å². The van der Waals surface area contributed by atoms with Gasteiger partial charge in [0.25, 0.3) is 0 Å². The molecule has 0 aromatic heterocycles. The standard InChI is InChI=1S/C20H31FN4/c1-22-20(23-10-5-7-17-6-4-8-19(21)14-17)25-13-9-18(16-25)15-24-11-2-3-12-24/h4,6,8,14,18H,2-3,5,7,9-13,15-16H2,1H3,(H,22,23). The summed E-state index contributed by atoms with van der Waals surface area (Å²) in [5, 5.41) is 3.48. The Balaban J connectivity index is 1.37. The van der Waals surface area contributed by atoms with Crippen LogP contribution in [0.5, 0.6) is 0 Å². The van der Waals surface area contributed by atoms with Gasteiger partial charge in [-0.1, -0.05) is 12.1 Å². The molecule has 0 bridgehead atoms. The number of likely N-dealkylation sites (tertiary alicyclic amines) is 2. The number of benzene rings is 1. The summed E-state index contributed by atoms with van der Waals surface area (Å²) in [7, 11) is 1.86. The van der Waals surface area contributed by atoms with Gasteiger partial charge in [-0.3, -0.25) is 4.99 Å². The molecule has 0 aliphatic carbocycles. The fourth-order valence-corrected chi connectivity index (χ4v) is 4.02. The van der Waals surface area contributed by atoms with Crippen molar-refractivity contribution >= 4 is 5.96 Å². The maximum absolute atomic E-state index is 13.2. The molecule has 25 heavy (non-hydrogen) atoms. The van der Waals surface area contributed by atoms with E-state index in [9.17, 15) is 4.39 Å². The second-order valence-corrected chi connectivity index (χ2v) is 7.32. The van der Waals surface area contributed by atoms with Gasteiger partial charge < -0.3 is 15.1 Å². The molecule has 3 rings (SSSR count). The van der Waals surface area contributed by atoms with Gasteiger partial charge in [0.1, 0.15) is 5.82 Å². The van der Waals surface area contributed by atoms with E-state index in [2.05, 4.69) is 20.1 Å². The van der Waals surface area contributed by atoms with Crippen molar-refractivity contribution in [1.82, 2.24) is 15.1 Å². The lowest BCUT2D eigenvalue weighted by molar-refractivity contribution is 0.281. The van der Waals surface area contributed by atoms with E-state index in [1.807, 2.05) is 13.1 Å². The third-order valence-corrected chi connectivity index (χ3v) is 5.33. The summed E-state index contributed by atoms with van der Waals surface area (Å²) in [6.45, 7) is 6.89. The van der Waals surface area contributed by atoms with Crippen LogP contribution in [0.25, 0.3) is 0 Å². The van der Waals surface area contributed by atoms with Crippen LogP contribution in [0.3, 0.4) is 0 Å². The molecule has 2 fully saturated rings. The second-order valence-electron chi connectivity index (χ2n) is 7.32. The first-order chi connectivity index (χ1) is 12.2. The molecule has 138 valence electrons. The first-order valence-corrected chi connectivity index (χ1v) is 9.67. The zero-order chi connectivity index (χ0) is 17.5. The predicted molar refractivity (Wildman–Crippen MR) is 101 cm³/mol. The number of aliphatic imine (C=N–C) groups is 1. The van der Waals surface area contributed by atoms with E-state index in [0.29, 0.717) is 0 Å². The van der Waals surface area contributed by atoms with Crippen LogP contribution in [0.4, 0.5) is 4.39 Å². The Labute approximate surface area is 151 Å². The van der Waals surface area contributed by atoms with E-state index in [4.69, 9.17) is 0 Å². The fraction of sp³-hybridized carbons (Fsp3) is 0.650. The van der Waals surface area contributed by atoms with Crippen molar-refractivity contribution in [3.05, 3.63) is 35.6 Å². The molecule has 4 nitrogen and oxygen atoms in total. The number of hydrogen-bond acceptors (Lipinski definition) is 2. The molecule has 1 aromatic carbocycles. The van der Waals surface area contributed by atoms with Crippen LogP contribution < -0.4 is 5.32 Å². The van der Waals surface area contributed by atoms with E-state index in [0.717, 1.165) is 49.9 Å². The Morgan fingerprint density at radius 1 is 1.28 bits per heavy atom. The molecule has 0 spiro atoms. The quantitative estimate of drug-likeness (QED) is 0.488. The maximum Gasteiger partial charge on any atom is 0.193 e. The molecule has 2 aliphatic rings. The first kappa shape index (κ1) is 18.2. The molecule has 2 heterocycles. The molecule has 1 atom stereocenters. The highest BCUT2D eigenvalue weighted by atomic mass is 19.1. The smallest absolute Gasteiger partial charge is 0.193 e. The van der Waals surface area contributed by atoms with Crippen molar-refractivity contribution in [3.63, 3.8) is 0 Å². The Bertz CT molecular complexity index is 569. The summed E-state index contributed by atoms with van der Waals surface area (Å²) in [5.41, 5.74) is 1.06. The minimum atomic E-state index is -0.151. The monoisotopic (exact) mass is 346 g/mol. The van der Waals surface area contributed by atoms with E-state index >= 15 is 0 Å². The van der Waals surface area contributed by atoms with Crippen molar-refractivity contribution in [1.29, 1.82) is 0 Å². The van der Waals surface area contributed by atoms with Crippen molar-refractivity contribution in [2.75, 3.05) is 46.3 Å². The zero-order valence-corrected chi connectivity index (χ0v) is 15.4.